The highest BCUT2D eigenvalue weighted by atomic mass is 32.2. The number of benzene rings is 1. The van der Waals surface area contributed by atoms with E-state index in [1.54, 1.807) is 26.0 Å². The van der Waals surface area contributed by atoms with E-state index in [2.05, 4.69) is 10.1 Å². The molecule has 1 aromatic carbocycles. The topological polar surface area (TPSA) is 101 Å². The SMILES string of the molecule is Cc1cc(NN)cc(C)c1S(=O)(=O)NC1CCS(=O)CC1. The molecule has 0 amide bonds. The molecule has 4 N–H and O–H groups in total. The third kappa shape index (κ3) is 3.82. The zero-order chi connectivity index (χ0) is 15.6. The molecule has 1 aliphatic rings. The minimum atomic E-state index is -3.58. The lowest BCUT2D eigenvalue weighted by Crippen LogP contribution is -2.40. The molecule has 0 aliphatic carbocycles. The predicted molar refractivity (Wildman–Crippen MR) is 84.9 cm³/mol. The molecule has 0 unspecified atom stereocenters. The first-order valence-electron chi connectivity index (χ1n) is 6.78. The van der Waals surface area contributed by atoms with Gasteiger partial charge in [-0.3, -0.25) is 10.1 Å². The number of hydrogen-bond donors (Lipinski definition) is 3. The number of nitrogens with two attached hydrogens (primary N) is 1. The second kappa shape index (κ2) is 6.43. The van der Waals surface area contributed by atoms with Crippen LogP contribution in [0.1, 0.15) is 24.0 Å². The zero-order valence-corrected chi connectivity index (χ0v) is 13.8. The molecule has 0 spiro atoms. The number of aryl methyl sites for hydroxylation is 2. The number of rotatable bonds is 4. The molecular formula is C13H21N3O3S2. The van der Waals surface area contributed by atoms with Crippen LogP contribution in [0.2, 0.25) is 0 Å². The quantitative estimate of drug-likeness (QED) is 0.559. The molecule has 0 saturated carbocycles. The van der Waals surface area contributed by atoms with Gasteiger partial charge in [-0.25, -0.2) is 13.1 Å². The summed E-state index contributed by atoms with van der Waals surface area (Å²) < 4.78 is 39.2. The minimum Gasteiger partial charge on any atom is -0.324 e. The molecule has 6 nitrogen and oxygen atoms in total. The molecule has 1 fully saturated rings. The fraction of sp³-hybridized carbons (Fsp3) is 0.538. The van der Waals surface area contributed by atoms with Gasteiger partial charge in [-0.15, -0.1) is 0 Å². The van der Waals surface area contributed by atoms with E-state index in [4.69, 9.17) is 5.84 Å². The number of hydrogen-bond acceptors (Lipinski definition) is 5. The van der Waals surface area contributed by atoms with Crippen molar-refractivity contribution in [1.29, 1.82) is 0 Å². The Hall–Kier alpha value is -0.960. The third-order valence-corrected chi connectivity index (χ3v) is 6.81. The van der Waals surface area contributed by atoms with Crippen molar-refractivity contribution in [2.45, 2.75) is 37.6 Å². The summed E-state index contributed by atoms with van der Waals surface area (Å²) in [7, 11) is -4.39. The molecule has 21 heavy (non-hydrogen) atoms. The summed E-state index contributed by atoms with van der Waals surface area (Å²) in [5.41, 5.74) is 4.50. The Bertz CT molecular complexity index is 626. The van der Waals surface area contributed by atoms with Crippen LogP contribution in [0.3, 0.4) is 0 Å². The first-order chi connectivity index (χ1) is 9.83. The Balaban J connectivity index is 2.25. The molecular weight excluding hydrogens is 310 g/mol. The van der Waals surface area contributed by atoms with Crippen molar-refractivity contribution in [2.24, 2.45) is 5.84 Å². The van der Waals surface area contributed by atoms with Crippen LogP contribution in [-0.4, -0.2) is 30.2 Å². The lowest BCUT2D eigenvalue weighted by atomic mass is 10.1. The number of hydrazine groups is 1. The summed E-state index contributed by atoms with van der Waals surface area (Å²) in [6, 6.07) is 3.27. The molecule has 1 heterocycles. The Morgan fingerprint density at radius 2 is 1.71 bits per heavy atom. The molecule has 0 bridgehead atoms. The van der Waals surface area contributed by atoms with Gasteiger partial charge in [0.1, 0.15) is 0 Å². The highest BCUT2D eigenvalue weighted by molar-refractivity contribution is 7.89. The summed E-state index contributed by atoms with van der Waals surface area (Å²) in [5.74, 6) is 6.48. The van der Waals surface area contributed by atoms with Gasteiger partial charge in [0.15, 0.2) is 0 Å². The van der Waals surface area contributed by atoms with Crippen molar-refractivity contribution in [3.8, 4) is 0 Å². The number of anilines is 1. The van der Waals surface area contributed by atoms with E-state index in [0.29, 0.717) is 46.1 Å². The van der Waals surface area contributed by atoms with Crippen molar-refractivity contribution in [2.75, 3.05) is 16.9 Å². The second-order valence-electron chi connectivity index (χ2n) is 5.33. The van der Waals surface area contributed by atoms with E-state index in [1.807, 2.05) is 0 Å². The fourth-order valence-corrected chi connectivity index (χ4v) is 5.70. The van der Waals surface area contributed by atoms with Gasteiger partial charge < -0.3 is 5.43 Å². The number of sulfonamides is 1. The van der Waals surface area contributed by atoms with Crippen molar-refractivity contribution in [1.82, 2.24) is 4.72 Å². The summed E-state index contributed by atoms with van der Waals surface area (Å²) in [5, 5.41) is 0. The van der Waals surface area contributed by atoms with Gasteiger partial charge in [0.2, 0.25) is 10.0 Å². The van der Waals surface area contributed by atoms with E-state index in [0.717, 1.165) is 0 Å². The Morgan fingerprint density at radius 1 is 1.19 bits per heavy atom. The van der Waals surface area contributed by atoms with Crippen LogP contribution >= 0.6 is 0 Å². The van der Waals surface area contributed by atoms with Gasteiger partial charge >= 0.3 is 0 Å². The van der Waals surface area contributed by atoms with Crippen LogP contribution < -0.4 is 16.0 Å². The molecule has 8 heteroatoms. The monoisotopic (exact) mass is 331 g/mol. The van der Waals surface area contributed by atoms with Gasteiger partial charge in [0.25, 0.3) is 0 Å². The summed E-state index contributed by atoms with van der Waals surface area (Å²) in [6.45, 7) is 3.50. The predicted octanol–water partition coefficient (Wildman–Crippen LogP) is 0.778. The number of nitrogen functional groups attached to an aromatic ring is 1. The van der Waals surface area contributed by atoms with Crippen molar-refractivity contribution in [3.63, 3.8) is 0 Å². The van der Waals surface area contributed by atoms with Crippen LogP contribution in [0.4, 0.5) is 5.69 Å². The largest absolute Gasteiger partial charge is 0.324 e. The second-order valence-corrected chi connectivity index (χ2v) is 8.67. The Morgan fingerprint density at radius 3 is 2.19 bits per heavy atom. The maximum absolute atomic E-state index is 12.6. The van der Waals surface area contributed by atoms with Gasteiger partial charge in [-0.1, -0.05) is 0 Å². The molecule has 0 atom stereocenters. The summed E-state index contributed by atoms with van der Waals surface area (Å²) >= 11 is 0. The van der Waals surface area contributed by atoms with Crippen LogP contribution in [-0.2, 0) is 20.8 Å². The van der Waals surface area contributed by atoms with Crippen molar-refractivity contribution < 1.29 is 12.6 Å². The van der Waals surface area contributed by atoms with Gasteiger partial charge in [0.05, 0.1) is 4.90 Å². The van der Waals surface area contributed by atoms with Crippen LogP contribution in [0, 0.1) is 13.8 Å². The molecule has 1 aliphatic heterocycles. The summed E-state index contributed by atoms with van der Waals surface area (Å²) in [4.78, 5) is 0.299. The van der Waals surface area contributed by atoms with Gasteiger partial charge in [0, 0.05) is 34.0 Å². The molecule has 0 aromatic heterocycles. The van der Waals surface area contributed by atoms with Crippen molar-refractivity contribution in [3.05, 3.63) is 23.3 Å². The first kappa shape index (κ1) is 16.4. The van der Waals surface area contributed by atoms with Gasteiger partial charge in [-0.2, -0.15) is 0 Å². The maximum atomic E-state index is 12.6. The van der Waals surface area contributed by atoms with Gasteiger partial charge in [-0.05, 0) is 49.9 Å². The van der Waals surface area contributed by atoms with Crippen LogP contribution in [0.5, 0.6) is 0 Å². The van der Waals surface area contributed by atoms with E-state index < -0.39 is 20.8 Å². The lowest BCUT2D eigenvalue weighted by Gasteiger charge is -2.23. The molecule has 1 saturated heterocycles. The maximum Gasteiger partial charge on any atom is 0.241 e. The lowest BCUT2D eigenvalue weighted by molar-refractivity contribution is 0.521. The smallest absolute Gasteiger partial charge is 0.241 e. The average molecular weight is 331 g/mol. The zero-order valence-electron chi connectivity index (χ0n) is 12.2. The van der Waals surface area contributed by atoms with E-state index in [1.165, 1.54) is 0 Å². The number of nitrogens with one attached hydrogen (secondary N) is 2. The minimum absolute atomic E-state index is 0.140. The average Bonchev–Trinajstić information content (AvgIpc) is 2.39. The first-order valence-corrected chi connectivity index (χ1v) is 9.76. The fourth-order valence-electron chi connectivity index (χ4n) is 2.65. The highest BCUT2D eigenvalue weighted by Crippen LogP contribution is 2.25. The molecule has 1 aromatic rings. The Labute approximate surface area is 128 Å². The van der Waals surface area contributed by atoms with E-state index in [9.17, 15) is 12.6 Å². The third-order valence-electron chi connectivity index (χ3n) is 3.61. The van der Waals surface area contributed by atoms with E-state index in [-0.39, 0.29) is 6.04 Å². The van der Waals surface area contributed by atoms with Crippen molar-refractivity contribution >= 4 is 26.5 Å². The molecule has 118 valence electrons. The van der Waals surface area contributed by atoms with E-state index >= 15 is 0 Å². The standard InChI is InChI=1S/C13H21N3O3S2/c1-9-7-12(15-14)8-10(2)13(9)21(18,19)16-11-3-5-20(17)6-4-11/h7-8,11,15-16H,3-6,14H2,1-2H3. The highest BCUT2D eigenvalue weighted by Gasteiger charge is 2.26. The molecule has 2 rings (SSSR count). The molecule has 0 radical (unpaired) electrons. The summed E-state index contributed by atoms with van der Waals surface area (Å²) in [6.07, 6.45) is 1.23. The Kier molecular flexibility index (Phi) is 5.03. The van der Waals surface area contributed by atoms with Crippen LogP contribution in [0.15, 0.2) is 17.0 Å². The van der Waals surface area contributed by atoms with Crippen LogP contribution in [0.25, 0.3) is 0 Å². The normalized spacial score (nSPS) is 23.0.